The summed E-state index contributed by atoms with van der Waals surface area (Å²) in [4.78, 5) is 4.18. The number of primary sulfonamides is 1. The SMILES string of the molecule is Cc1nccc(-c2ccc(S(N)(=O)=O)cc2)c1CO. The summed E-state index contributed by atoms with van der Waals surface area (Å²) in [5.74, 6) is 0. The Hall–Kier alpha value is -1.76. The third-order valence-corrected chi connectivity index (χ3v) is 3.85. The second-order valence-electron chi connectivity index (χ2n) is 4.15. The normalized spacial score (nSPS) is 11.5. The van der Waals surface area contributed by atoms with Gasteiger partial charge in [-0.2, -0.15) is 0 Å². The predicted molar refractivity (Wildman–Crippen MR) is 71.7 cm³/mol. The lowest BCUT2D eigenvalue weighted by Gasteiger charge is -2.10. The van der Waals surface area contributed by atoms with E-state index in [0.29, 0.717) is 0 Å². The minimum atomic E-state index is -3.69. The molecule has 5 nitrogen and oxygen atoms in total. The Labute approximate surface area is 111 Å². The molecular formula is C13H14N2O3S. The summed E-state index contributed by atoms with van der Waals surface area (Å²) in [7, 11) is -3.69. The molecule has 0 saturated heterocycles. The molecule has 1 aromatic carbocycles. The first-order valence-corrected chi connectivity index (χ1v) is 7.16. The van der Waals surface area contributed by atoms with E-state index in [1.807, 2.05) is 6.92 Å². The van der Waals surface area contributed by atoms with Crippen LogP contribution in [0.1, 0.15) is 11.3 Å². The van der Waals surface area contributed by atoms with Crippen LogP contribution in [0.3, 0.4) is 0 Å². The molecule has 6 heteroatoms. The van der Waals surface area contributed by atoms with E-state index in [1.54, 1.807) is 24.4 Å². The lowest BCUT2D eigenvalue weighted by Crippen LogP contribution is -2.11. The molecule has 100 valence electrons. The first kappa shape index (κ1) is 13.7. The van der Waals surface area contributed by atoms with Gasteiger partial charge < -0.3 is 5.11 Å². The summed E-state index contributed by atoms with van der Waals surface area (Å²) < 4.78 is 22.4. The Balaban J connectivity index is 2.52. The van der Waals surface area contributed by atoms with E-state index in [9.17, 15) is 13.5 Å². The van der Waals surface area contributed by atoms with Gasteiger partial charge in [0.15, 0.2) is 0 Å². The molecule has 0 unspecified atom stereocenters. The quantitative estimate of drug-likeness (QED) is 0.882. The van der Waals surface area contributed by atoms with Crippen LogP contribution < -0.4 is 5.14 Å². The number of pyridine rings is 1. The summed E-state index contributed by atoms with van der Waals surface area (Å²) >= 11 is 0. The van der Waals surface area contributed by atoms with Gasteiger partial charge in [0, 0.05) is 17.5 Å². The van der Waals surface area contributed by atoms with Gasteiger partial charge in [0.25, 0.3) is 0 Å². The van der Waals surface area contributed by atoms with E-state index in [0.717, 1.165) is 22.4 Å². The van der Waals surface area contributed by atoms with Crippen molar-refractivity contribution in [2.24, 2.45) is 5.14 Å². The van der Waals surface area contributed by atoms with Gasteiger partial charge in [-0.3, -0.25) is 4.98 Å². The molecule has 0 aliphatic carbocycles. The van der Waals surface area contributed by atoms with Crippen molar-refractivity contribution in [3.63, 3.8) is 0 Å². The fourth-order valence-corrected chi connectivity index (χ4v) is 2.41. The molecule has 2 aromatic rings. The fourth-order valence-electron chi connectivity index (χ4n) is 1.89. The number of benzene rings is 1. The van der Waals surface area contributed by atoms with E-state index < -0.39 is 10.0 Å². The zero-order chi connectivity index (χ0) is 14.0. The van der Waals surface area contributed by atoms with Crippen LogP contribution in [0.15, 0.2) is 41.4 Å². The van der Waals surface area contributed by atoms with Gasteiger partial charge in [-0.25, -0.2) is 13.6 Å². The monoisotopic (exact) mass is 278 g/mol. The second kappa shape index (κ2) is 5.08. The summed E-state index contributed by atoms with van der Waals surface area (Å²) in [6.07, 6.45) is 1.65. The topological polar surface area (TPSA) is 93.3 Å². The highest BCUT2D eigenvalue weighted by Crippen LogP contribution is 2.26. The predicted octanol–water partition coefficient (Wildman–Crippen LogP) is 1.20. The Morgan fingerprint density at radius 2 is 1.84 bits per heavy atom. The summed E-state index contributed by atoms with van der Waals surface area (Å²) in [6.45, 7) is 1.69. The van der Waals surface area contributed by atoms with Crippen LogP contribution in [0, 0.1) is 6.92 Å². The number of hydrogen-bond donors (Lipinski definition) is 2. The van der Waals surface area contributed by atoms with Crippen molar-refractivity contribution in [1.82, 2.24) is 4.98 Å². The van der Waals surface area contributed by atoms with Gasteiger partial charge >= 0.3 is 0 Å². The molecule has 0 fully saturated rings. The van der Waals surface area contributed by atoms with Gasteiger partial charge in [0.1, 0.15) is 0 Å². The summed E-state index contributed by atoms with van der Waals surface area (Å²) in [5, 5.41) is 14.4. The number of aryl methyl sites for hydroxylation is 1. The first-order valence-electron chi connectivity index (χ1n) is 5.62. The molecule has 0 aliphatic heterocycles. The summed E-state index contributed by atoms with van der Waals surface area (Å²) in [6, 6.07) is 8.00. The minimum Gasteiger partial charge on any atom is -0.392 e. The van der Waals surface area contributed by atoms with E-state index >= 15 is 0 Å². The fraction of sp³-hybridized carbons (Fsp3) is 0.154. The molecule has 0 saturated carbocycles. The van der Waals surface area contributed by atoms with Crippen molar-refractivity contribution >= 4 is 10.0 Å². The minimum absolute atomic E-state index is 0.0626. The zero-order valence-corrected chi connectivity index (χ0v) is 11.2. The smallest absolute Gasteiger partial charge is 0.238 e. The lowest BCUT2D eigenvalue weighted by molar-refractivity contribution is 0.281. The number of nitrogens with two attached hydrogens (primary N) is 1. The zero-order valence-electron chi connectivity index (χ0n) is 10.4. The van der Waals surface area contributed by atoms with E-state index in [1.165, 1.54) is 12.1 Å². The van der Waals surface area contributed by atoms with Crippen LogP contribution in [0.5, 0.6) is 0 Å². The average Bonchev–Trinajstić information content (AvgIpc) is 2.37. The van der Waals surface area contributed by atoms with Crippen LogP contribution in [0.2, 0.25) is 0 Å². The van der Waals surface area contributed by atoms with Crippen molar-refractivity contribution in [2.75, 3.05) is 0 Å². The molecule has 0 amide bonds. The van der Waals surface area contributed by atoms with Crippen molar-refractivity contribution in [2.45, 2.75) is 18.4 Å². The standard InChI is InChI=1S/C13H14N2O3S/c1-9-13(8-16)12(6-7-15-9)10-2-4-11(5-3-10)19(14,17)18/h2-7,16H,8H2,1H3,(H2,14,17,18). The molecule has 3 N–H and O–H groups in total. The van der Waals surface area contributed by atoms with Crippen molar-refractivity contribution in [3.05, 3.63) is 47.8 Å². The van der Waals surface area contributed by atoms with Crippen molar-refractivity contribution in [3.8, 4) is 11.1 Å². The van der Waals surface area contributed by atoms with E-state index in [-0.39, 0.29) is 11.5 Å². The highest BCUT2D eigenvalue weighted by Gasteiger charge is 2.10. The Morgan fingerprint density at radius 1 is 1.21 bits per heavy atom. The lowest BCUT2D eigenvalue weighted by atomic mass is 10.00. The number of aromatic nitrogens is 1. The Kier molecular flexibility index (Phi) is 3.66. The molecule has 19 heavy (non-hydrogen) atoms. The molecule has 2 rings (SSSR count). The first-order chi connectivity index (χ1) is 8.93. The van der Waals surface area contributed by atoms with Gasteiger partial charge in [-0.1, -0.05) is 12.1 Å². The number of nitrogens with zero attached hydrogens (tertiary/aromatic N) is 1. The molecular weight excluding hydrogens is 264 g/mol. The molecule has 0 spiro atoms. The van der Waals surface area contributed by atoms with E-state index in [4.69, 9.17) is 5.14 Å². The third-order valence-electron chi connectivity index (χ3n) is 2.92. The number of sulfonamides is 1. The summed E-state index contributed by atoms with van der Waals surface area (Å²) in [5.41, 5.74) is 3.11. The second-order valence-corrected chi connectivity index (χ2v) is 5.71. The van der Waals surface area contributed by atoms with Crippen molar-refractivity contribution in [1.29, 1.82) is 0 Å². The molecule has 0 radical (unpaired) electrons. The molecule has 0 aliphatic rings. The highest BCUT2D eigenvalue weighted by atomic mass is 32.2. The van der Waals surface area contributed by atoms with E-state index in [2.05, 4.69) is 4.98 Å². The van der Waals surface area contributed by atoms with Gasteiger partial charge in [-0.05, 0) is 36.2 Å². The van der Waals surface area contributed by atoms with Gasteiger partial charge in [-0.15, -0.1) is 0 Å². The van der Waals surface area contributed by atoms with Crippen LogP contribution in [-0.2, 0) is 16.6 Å². The number of aliphatic hydroxyl groups is 1. The number of hydrogen-bond acceptors (Lipinski definition) is 4. The largest absolute Gasteiger partial charge is 0.392 e. The maximum absolute atomic E-state index is 11.2. The van der Waals surface area contributed by atoms with Gasteiger partial charge in [0.05, 0.1) is 11.5 Å². The van der Waals surface area contributed by atoms with Gasteiger partial charge in [0.2, 0.25) is 10.0 Å². The van der Waals surface area contributed by atoms with Crippen LogP contribution in [0.25, 0.3) is 11.1 Å². The Morgan fingerprint density at radius 3 is 2.37 bits per heavy atom. The van der Waals surface area contributed by atoms with Crippen LogP contribution >= 0.6 is 0 Å². The number of aliphatic hydroxyl groups excluding tert-OH is 1. The maximum Gasteiger partial charge on any atom is 0.238 e. The average molecular weight is 278 g/mol. The molecule has 1 heterocycles. The maximum atomic E-state index is 11.2. The molecule has 0 atom stereocenters. The highest BCUT2D eigenvalue weighted by molar-refractivity contribution is 7.89. The number of rotatable bonds is 3. The van der Waals surface area contributed by atoms with Crippen molar-refractivity contribution < 1.29 is 13.5 Å². The van der Waals surface area contributed by atoms with Crippen LogP contribution in [0.4, 0.5) is 0 Å². The van der Waals surface area contributed by atoms with Crippen LogP contribution in [-0.4, -0.2) is 18.5 Å². The Bertz CT molecular complexity index is 694. The molecule has 1 aromatic heterocycles. The molecule has 0 bridgehead atoms. The third kappa shape index (κ3) is 2.81.